The monoisotopic (exact) mass is 162 g/mol. The zero-order valence-corrected chi connectivity index (χ0v) is 6.47. The number of hydrogen-bond acceptors (Lipinski definition) is 4. The van der Waals surface area contributed by atoms with Crippen LogP contribution in [0.25, 0.3) is 0 Å². The van der Waals surface area contributed by atoms with Gasteiger partial charge in [-0.25, -0.2) is 0 Å². The van der Waals surface area contributed by atoms with Gasteiger partial charge in [-0.3, -0.25) is 0 Å². The van der Waals surface area contributed by atoms with Crippen molar-refractivity contribution in [2.45, 2.75) is 37.8 Å². The normalized spacial score (nSPS) is 44.7. The molecule has 3 N–H and O–H groups in total. The third kappa shape index (κ3) is 1.54. The largest absolute Gasteiger partial charge is 0.394 e. The molecule has 1 aliphatic heterocycles. The van der Waals surface area contributed by atoms with Crippen LogP contribution in [0.5, 0.6) is 0 Å². The Morgan fingerprint density at radius 1 is 1.18 bits per heavy atom. The van der Waals surface area contributed by atoms with Crippen molar-refractivity contribution in [2.24, 2.45) is 0 Å². The van der Waals surface area contributed by atoms with Gasteiger partial charge in [-0.1, -0.05) is 6.92 Å². The summed E-state index contributed by atoms with van der Waals surface area (Å²) in [6.45, 7) is 1.62. The molecule has 1 heterocycles. The fourth-order valence-electron chi connectivity index (χ4n) is 1.31. The maximum atomic E-state index is 9.27. The van der Waals surface area contributed by atoms with Crippen molar-refractivity contribution < 1.29 is 20.1 Å². The van der Waals surface area contributed by atoms with E-state index in [1.807, 2.05) is 6.92 Å². The molecule has 4 atom stereocenters. The van der Waals surface area contributed by atoms with E-state index in [4.69, 9.17) is 9.84 Å². The fraction of sp³-hybridized carbons (Fsp3) is 1.00. The van der Waals surface area contributed by atoms with Crippen molar-refractivity contribution in [1.82, 2.24) is 0 Å². The summed E-state index contributed by atoms with van der Waals surface area (Å²) in [5, 5.41) is 27.2. The van der Waals surface area contributed by atoms with Gasteiger partial charge in [-0.15, -0.1) is 0 Å². The number of rotatable bonds is 2. The van der Waals surface area contributed by atoms with Gasteiger partial charge in [-0.2, -0.15) is 0 Å². The molecule has 0 amide bonds. The third-order valence-electron chi connectivity index (χ3n) is 2.04. The van der Waals surface area contributed by atoms with E-state index in [0.29, 0.717) is 6.42 Å². The molecule has 0 aromatic rings. The lowest BCUT2D eigenvalue weighted by Gasteiger charge is -2.11. The molecule has 1 saturated heterocycles. The second kappa shape index (κ2) is 3.49. The number of aliphatic hydroxyl groups excluding tert-OH is 3. The molecule has 0 unspecified atom stereocenters. The van der Waals surface area contributed by atoms with E-state index in [2.05, 4.69) is 0 Å². The summed E-state index contributed by atoms with van der Waals surface area (Å²) in [4.78, 5) is 0. The minimum atomic E-state index is -0.940. The van der Waals surface area contributed by atoms with E-state index < -0.39 is 18.3 Å². The van der Waals surface area contributed by atoms with E-state index >= 15 is 0 Å². The molecule has 4 nitrogen and oxygen atoms in total. The Labute approximate surface area is 65.4 Å². The predicted molar refractivity (Wildman–Crippen MR) is 38.1 cm³/mol. The minimum Gasteiger partial charge on any atom is -0.394 e. The van der Waals surface area contributed by atoms with Gasteiger partial charge in [0.1, 0.15) is 18.3 Å². The summed E-state index contributed by atoms with van der Waals surface area (Å²) in [5.74, 6) is 0. The first-order valence-corrected chi connectivity index (χ1v) is 3.83. The molecule has 4 heteroatoms. The molecule has 1 fully saturated rings. The maximum absolute atomic E-state index is 9.27. The number of aliphatic hydroxyl groups is 3. The lowest BCUT2D eigenvalue weighted by atomic mass is 10.1. The molecule has 0 spiro atoms. The molecule has 11 heavy (non-hydrogen) atoms. The first kappa shape index (κ1) is 8.93. The van der Waals surface area contributed by atoms with Crippen LogP contribution in [0.4, 0.5) is 0 Å². The van der Waals surface area contributed by atoms with Gasteiger partial charge in [0, 0.05) is 0 Å². The van der Waals surface area contributed by atoms with Crippen molar-refractivity contribution in [3.8, 4) is 0 Å². The summed E-state index contributed by atoms with van der Waals surface area (Å²) in [5.41, 5.74) is 0. The van der Waals surface area contributed by atoms with Crippen molar-refractivity contribution >= 4 is 0 Å². The summed E-state index contributed by atoms with van der Waals surface area (Å²) < 4.78 is 5.13. The smallest absolute Gasteiger partial charge is 0.111 e. The quantitative estimate of drug-likeness (QED) is 0.481. The van der Waals surface area contributed by atoms with Crippen LogP contribution in [0, 0.1) is 0 Å². The maximum Gasteiger partial charge on any atom is 0.111 e. The Morgan fingerprint density at radius 2 is 1.73 bits per heavy atom. The van der Waals surface area contributed by atoms with Gasteiger partial charge in [-0.05, 0) is 6.42 Å². The Balaban J connectivity index is 2.53. The van der Waals surface area contributed by atoms with Crippen molar-refractivity contribution in [3.63, 3.8) is 0 Å². The van der Waals surface area contributed by atoms with Gasteiger partial charge in [0.05, 0.1) is 12.7 Å². The molecule has 0 saturated carbocycles. The molecule has 1 rings (SSSR count). The minimum absolute atomic E-state index is 0.241. The van der Waals surface area contributed by atoms with E-state index in [-0.39, 0.29) is 12.7 Å². The second-order valence-corrected chi connectivity index (χ2v) is 2.78. The van der Waals surface area contributed by atoms with Gasteiger partial charge in [0.15, 0.2) is 0 Å². The highest BCUT2D eigenvalue weighted by molar-refractivity contribution is 4.89. The second-order valence-electron chi connectivity index (χ2n) is 2.78. The molecule has 0 aromatic carbocycles. The Kier molecular flexibility index (Phi) is 2.84. The molecular weight excluding hydrogens is 148 g/mol. The van der Waals surface area contributed by atoms with Crippen LogP contribution in [0.2, 0.25) is 0 Å². The molecular formula is C7H14O4. The molecule has 0 radical (unpaired) electrons. The Hall–Kier alpha value is -0.160. The van der Waals surface area contributed by atoms with E-state index in [9.17, 15) is 10.2 Å². The van der Waals surface area contributed by atoms with Crippen molar-refractivity contribution in [1.29, 1.82) is 0 Å². The lowest BCUT2D eigenvalue weighted by molar-refractivity contribution is -0.0226. The first-order chi connectivity index (χ1) is 5.20. The van der Waals surface area contributed by atoms with Crippen molar-refractivity contribution in [2.75, 3.05) is 6.61 Å². The number of ether oxygens (including phenoxy) is 1. The molecule has 0 bridgehead atoms. The third-order valence-corrected chi connectivity index (χ3v) is 2.04. The van der Waals surface area contributed by atoms with Crippen LogP contribution < -0.4 is 0 Å². The van der Waals surface area contributed by atoms with Crippen LogP contribution in [-0.4, -0.2) is 46.3 Å². The average Bonchev–Trinajstić information content (AvgIpc) is 2.30. The molecule has 0 aliphatic carbocycles. The van der Waals surface area contributed by atoms with Gasteiger partial charge in [0.25, 0.3) is 0 Å². The van der Waals surface area contributed by atoms with Crippen LogP contribution in [0.3, 0.4) is 0 Å². The lowest BCUT2D eigenvalue weighted by Crippen LogP contribution is -2.33. The zero-order valence-electron chi connectivity index (χ0n) is 6.47. The number of hydrogen-bond donors (Lipinski definition) is 3. The van der Waals surface area contributed by atoms with Crippen molar-refractivity contribution in [3.05, 3.63) is 0 Å². The van der Waals surface area contributed by atoms with Crippen LogP contribution in [-0.2, 0) is 4.74 Å². The Morgan fingerprint density at radius 3 is 2.00 bits per heavy atom. The van der Waals surface area contributed by atoms with Gasteiger partial charge >= 0.3 is 0 Å². The highest BCUT2D eigenvalue weighted by atomic mass is 16.6. The molecule has 66 valence electrons. The molecule has 0 aromatic heterocycles. The van der Waals surface area contributed by atoms with E-state index in [1.165, 1.54) is 0 Å². The highest BCUT2D eigenvalue weighted by Crippen LogP contribution is 2.22. The predicted octanol–water partition coefficient (Wildman–Crippen LogP) is -1.12. The fourth-order valence-corrected chi connectivity index (χ4v) is 1.31. The van der Waals surface area contributed by atoms with Gasteiger partial charge < -0.3 is 20.1 Å². The van der Waals surface area contributed by atoms with E-state index in [0.717, 1.165) is 0 Å². The summed E-state index contributed by atoms with van der Waals surface area (Å²) >= 11 is 0. The zero-order chi connectivity index (χ0) is 8.43. The SMILES string of the molecule is CC[C@@H]1O[C@H](CO)[C@H](O)[C@@H]1O. The van der Waals surface area contributed by atoms with Crippen LogP contribution in [0.15, 0.2) is 0 Å². The standard InChI is InChI=1S/C7H14O4/c1-2-4-6(9)7(10)5(3-8)11-4/h4-10H,2-3H2,1H3/t4-,5+,6+,7-/m0/s1. The summed E-state index contributed by atoms with van der Waals surface area (Å²) in [6, 6.07) is 0. The summed E-state index contributed by atoms with van der Waals surface area (Å²) in [6.07, 6.45) is -2.09. The first-order valence-electron chi connectivity index (χ1n) is 3.83. The molecule has 1 aliphatic rings. The highest BCUT2D eigenvalue weighted by Gasteiger charge is 2.40. The summed E-state index contributed by atoms with van der Waals surface area (Å²) in [7, 11) is 0. The van der Waals surface area contributed by atoms with E-state index in [1.54, 1.807) is 0 Å². The van der Waals surface area contributed by atoms with Crippen LogP contribution >= 0.6 is 0 Å². The Bertz CT molecular complexity index is 110. The topological polar surface area (TPSA) is 69.9 Å². The average molecular weight is 162 g/mol. The van der Waals surface area contributed by atoms with Crippen LogP contribution in [0.1, 0.15) is 13.3 Å². The van der Waals surface area contributed by atoms with Gasteiger partial charge in [0.2, 0.25) is 0 Å².